The zero-order valence-electron chi connectivity index (χ0n) is 17.5. The predicted molar refractivity (Wildman–Crippen MR) is 130 cm³/mol. The molecule has 0 bridgehead atoms. The normalized spacial score (nSPS) is 10.5. The molecule has 4 aromatic rings. The number of benzene rings is 4. The lowest BCUT2D eigenvalue weighted by atomic mass is 9.98. The molecule has 32 heavy (non-hydrogen) atoms. The van der Waals surface area contributed by atoms with E-state index in [-0.39, 0.29) is 4.69 Å². The fraction of sp³-hybridized carbons (Fsp3) is 0.107. The van der Waals surface area contributed by atoms with Crippen LogP contribution in [0.5, 0.6) is 11.5 Å². The van der Waals surface area contributed by atoms with Gasteiger partial charge in [-0.25, -0.2) is 0 Å². The van der Waals surface area contributed by atoms with E-state index in [1.807, 2.05) is 97.1 Å². The van der Waals surface area contributed by atoms with Crippen molar-refractivity contribution in [2.75, 3.05) is 0 Å². The van der Waals surface area contributed by atoms with Crippen molar-refractivity contribution in [3.8, 4) is 11.5 Å². The number of carbonyl (C=O) groups is 1. The molecule has 0 aliphatic carbocycles. The Hall–Kier alpha value is -3.37. The van der Waals surface area contributed by atoms with E-state index in [0.717, 1.165) is 22.3 Å². The van der Waals surface area contributed by atoms with Crippen LogP contribution in [0.4, 0.5) is 0 Å². The van der Waals surface area contributed by atoms with Gasteiger partial charge in [0.15, 0.2) is 0 Å². The fourth-order valence-electron chi connectivity index (χ4n) is 3.47. The van der Waals surface area contributed by atoms with Crippen LogP contribution in [0, 0.1) is 0 Å². The van der Waals surface area contributed by atoms with Crippen molar-refractivity contribution >= 4 is 20.6 Å². The average molecular weight is 487 g/mol. The van der Waals surface area contributed by atoms with E-state index in [1.165, 1.54) is 0 Å². The third kappa shape index (κ3) is 5.86. The van der Waals surface area contributed by atoms with Crippen LogP contribution < -0.4 is 9.47 Å². The summed E-state index contributed by atoms with van der Waals surface area (Å²) in [5.41, 5.74) is 4.59. The van der Waals surface area contributed by atoms with E-state index in [0.29, 0.717) is 36.7 Å². The van der Waals surface area contributed by atoms with Crippen LogP contribution in [0.1, 0.15) is 32.6 Å². The first-order valence-corrected chi connectivity index (χ1v) is 11.2. The quantitative estimate of drug-likeness (QED) is 0.239. The van der Waals surface area contributed by atoms with Gasteiger partial charge < -0.3 is 9.47 Å². The number of carbonyl (C=O) groups excluding carboxylic acids is 1. The highest BCUT2D eigenvalue weighted by atomic mass is 79.9. The zero-order chi connectivity index (χ0) is 22.2. The molecule has 4 rings (SSSR count). The first-order chi connectivity index (χ1) is 15.7. The standard InChI is InChI=1S/C28H23BrO3/c29-28(30)26-17-24(31-19-22-12-6-2-7-13-22)18-27(32-20-23-14-8-3-9-15-23)25(26)16-21-10-4-1-5-11-21/h1-15,17-18H,16,19-20H2. The Balaban J connectivity index is 1.67. The molecule has 0 amide bonds. The van der Waals surface area contributed by atoms with Crippen LogP contribution in [0.2, 0.25) is 0 Å². The molecule has 3 nitrogen and oxygen atoms in total. The van der Waals surface area contributed by atoms with Crippen molar-refractivity contribution in [1.29, 1.82) is 0 Å². The Kier molecular flexibility index (Phi) is 7.36. The van der Waals surface area contributed by atoms with E-state index in [9.17, 15) is 4.79 Å². The minimum Gasteiger partial charge on any atom is -0.489 e. The first kappa shape index (κ1) is 21.8. The van der Waals surface area contributed by atoms with Crippen molar-refractivity contribution in [2.45, 2.75) is 19.6 Å². The van der Waals surface area contributed by atoms with Gasteiger partial charge >= 0.3 is 0 Å². The van der Waals surface area contributed by atoms with Gasteiger partial charge in [0, 0.05) is 23.6 Å². The molecule has 0 fully saturated rings. The van der Waals surface area contributed by atoms with Gasteiger partial charge in [-0.1, -0.05) is 91.0 Å². The maximum Gasteiger partial charge on any atom is 0.228 e. The van der Waals surface area contributed by atoms with Crippen molar-refractivity contribution in [3.63, 3.8) is 0 Å². The maximum atomic E-state index is 12.5. The summed E-state index contributed by atoms with van der Waals surface area (Å²) in [4.78, 5) is 12.5. The summed E-state index contributed by atoms with van der Waals surface area (Å²) in [6.45, 7) is 0.813. The fourth-order valence-corrected chi connectivity index (χ4v) is 3.82. The van der Waals surface area contributed by atoms with Crippen molar-refractivity contribution in [1.82, 2.24) is 0 Å². The molecule has 0 spiro atoms. The average Bonchev–Trinajstić information content (AvgIpc) is 2.84. The summed E-state index contributed by atoms with van der Waals surface area (Å²) < 4.78 is 12.1. The number of hydrogen-bond acceptors (Lipinski definition) is 3. The Labute approximate surface area is 196 Å². The Morgan fingerprint density at radius 1 is 0.656 bits per heavy atom. The molecule has 0 atom stereocenters. The highest BCUT2D eigenvalue weighted by molar-refractivity contribution is 9.18. The third-order valence-corrected chi connectivity index (χ3v) is 5.53. The van der Waals surface area contributed by atoms with E-state index in [1.54, 1.807) is 6.07 Å². The largest absolute Gasteiger partial charge is 0.489 e. The summed E-state index contributed by atoms with van der Waals surface area (Å²) in [5.74, 6) is 1.24. The number of hydrogen-bond donors (Lipinski definition) is 0. The molecule has 4 heteroatoms. The lowest BCUT2D eigenvalue weighted by molar-refractivity contribution is 0.109. The summed E-state index contributed by atoms with van der Waals surface area (Å²) in [7, 11) is 0. The zero-order valence-corrected chi connectivity index (χ0v) is 19.1. The van der Waals surface area contributed by atoms with Crippen molar-refractivity contribution in [3.05, 3.63) is 131 Å². The molecule has 0 unspecified atom stereocenters. The second-order valence-corrected chi connectivity index (χ2v) is 8.15. The van der Waals surface area contributed by atoms with Crippen LogP contribution in [0.25, 0.3) is 0 Å². The lowest BCUT2D eigenvalue weighted by Gasteiger charge is -2.17. The summed E-state index contributed by atoms with van der Waals surface area (Å²) in [6, 6.07) is 33.6. The molecule has 0 aliphatic heterocycles. The molecule has 0 N–H and O–H groups in total. The molecule has 0 heterocycles. The Bertz CT molecular complexity index is 1160. The smallest absolute Gasteiger partial charge is 0.228 e. The van der Waals surface area contributed by atoms with Gasteiger partial charge in [0.2, 0.25) is 4.69 Å². The van der Waals surface area contributed by atoms with Crippen LogP contribution in [0.15, 0.2) is 103 Å². The number of ether oxygens (including phenoxy) is 2. The van der Waals surface area contributed by atoms with Crippen molar-refractivity contribution < 1.29 is 14.3 Å². The van der Waals surface area contributed by atoms with Gasteiger partial charge in [0.25, 0.3) is 0 Å². The van der Waals surface area contributed by atoms with Crippen LogP contribution in [0.3, 0.4) is 0 Å². The maximum absolute atomic E-state index is 12.5. The van der Waals surface area contributed by atoms with Crippen LogP contribution >= 0.6 is 15.9 Å². The van der Waals surface area contributed by atoms with Crippen LogP contribution in [-0.2, 0) is 19.6 Å². The first-order valence-electron chi connectivity index (χ1n) is 10.4. The Morgan fingerprint density at radius 3 is 1.69 bits per heavy atom. The predicted octanol–water partition coefficient (Wildman–Crippen LogP) is 6.97. The molecule has 0 radical (unpaired) electrons. The minimum absolute atomic E-state index is 0.196. The molecule has 160 valence electrons. The van der Waals surface area contributed by atoms with E-state index >= 15 is 0 Å². The number of halogens is 1. The molecule has 0 saturated carbocycles. The van der Waals surface area contributed by atoms with Gasteiger partial charge in [-0.2, -0.15) is 0 Å². The Morgan fingerprint density at radius 2 is 1.16 bits per heavy atom. The SMILES string of the molecule is O=C(Br)c1cc(OCc2ccccc2)cc(OCc2ccccc2)c1Cc1ccccc1. The molecule has 0 aliphatic rings. The molecular formula is C28H23BrO3. The van der Waals surface area contributed by atoms with Crippen LogP contribution in [-0.4, -0.2) is 4.69 Å². The summed E-state index contributed by atoms with van der Waals surface area (Å²) in [5, 5.41) is 0. The summed E-state index contributed by atoms with van der Waals surface area (Å²) in [6.07, 6.45) is 0.580. The summed E-state index contributed by atoms with van der Waals surface area (Å²) >= 11 is 3.16. The molecule has 0 aromatic heterocycles. The lowest BCUT2D eigenvalue weighted by Crippen LogP contribution is -2.06. The third-order valence-electron chi connectivity index (χ3n) is 5.10. The van der Waals surface area contributed by atoms with Crippen molar-refractivity contribution in [2.24, 2.45) is 0 Å². The number of rotatable bonds is 9. The van der Waals surface area contributed by atoms with Gasteiger partial charge in [-0.15, -0.1) is 0 Å². The highest BCUT2D eigenvalue weighted by Crippen LogP contribution is 2.33. The molecule has 0 saturated heterocycles. The monoisotopic (exact) mass is 486 g/mol. The highest BCUT2D eigenvalue weighted by Gasteiger charge is 2.18. The minimum atomic E-state index is -0.196. The second-order valence-electron chi connectivity index (χ2n) is 7.43. The molecular weight excluding hydrogens is 464 g/mol. The van der Waals surface area contributed by atoms with Gasteiger partial charge in [-0.3, -0.25) is 4.79 Å². The van der Waals surface area contributed by atoms with Gasteiger partial charge in [0.1, 0.15) is 24.7 Å². The second kappa shape index (κ2) is 10.8. The van der Waals surface area contributed by atoms with E-state index in [2.05, 4.69) is 15.9 Å². The topological polar surface area (TPSA) is 35.5 Å². The van der Waals surface area contributed by atoms with Gasteiger partial charge in [0.05, 0.1) is 0 Å². The van der Waals surface area contributed by atoms with E-state index in [4.69, 9.17) is 9.47 Å². The molecule has 4 aromatic carbocycles. The van der Waals surface area contributed by atoms with E-state index < -0.39 is 0 Å². The van der Waals surface area contributed by atoms with Gasteiger partial charge in [-0.05, 0) is 38.7 Å².